The molecular formula is C15H24N2O4. The van der Waals surface area contributed by atoms with Crippen molar-refractivity contribution in [3.05, 3.63) is 0 Å². The predicted octanol–water partition coefficient (Wildman–Crippen LogP) is 1.28. The first-order chi connectivity index (χ1) is 10.1. The van der Waals surface area contributed by atoms with Crippen molar-refractivity contribution in [2.75, 3.05) is 13.2 Å². The molecule has 1 aliphatic carbocycles. The second kappa shape index (κ2) is 5.83. The first-order valence-electron chi connectivity index (χ1n) is 8.06. The van der Waals surface area contributed by atoms with Gasteiger partial charge in [0, 0.05) is 12.6 Å². The minimum atomic E-state index is -0.891. The van der Waals surface area contributed by atoms with Crippen molar-refractivity contribution in [3.63, 3.8) is 0 Å². The number of urea groups is 1. The molecule has 21 heavy (non-hydrogen) atoms. The molecule has 0 radical (unpaired) electrons. The van der Waals surface area contributed by atoms with Gasteiger partial charge in [0.05, 0.1) is 12.6 Å². The summed E-state index contributed by atoms with van der Waals surface area (Å²) in [5.74, 6) is -0.559. The van der Waals surface area contributed by atoms with Gasteiger partial charge in [0.1, 0.15) is 6.04 Å². The number of aliphatic hydroxyl groups is 1. The van der Waals surface area contributed by atoms with Crippen molar-refractivity contribution in [2.45, 2.75) is 63.1 Å². The normalized spacial score (nSPS) is 35.9. The number of hydrogen-bond donors (Lipinski definition) is 2. The number of rotatable bonds is 2. The average Bonchev–Trinajstić information content (AvgIpc) is 3.10. The van der Waals surface area contributed by atoms with Crippen LogP contribution in [0.25, 0.3) is 0 Å². The highest BCUT2D eigenvalue weighted by Gasteiger charge is 2.49. The van der Waals surface area contributed by atoms with Gasteiger partial charge in [-0.05, 0) is 38.0 Å². The molecule has 0 bridgehead atoms. The van der Waals surface area contributed by atoms with Crippen molar-refractivity contribution in [3.8, 4) is 0 Å². The third kappa shape index (κ3) is 2.50. The molecule has 6 heteroatoms. The van der Waals surface area contributed by atoms with E-state index in [-0.39, 0.29) is 24.7 Å². The summed E-state index contributed by atoms with van der Waals surface area (Å²) in [6.07, 6.45) is 6.43. The van der Waals surface area contributed by atoms with Gasteiger partial charge in [-0.15, -0.1) is 0 Å². The van der Waals surface area contributed by atoms with E-state index in [0.717, 1.165) is 38.5 Å². The van der Waals surface area contributed by atoms with Crippen LogP contribution in [0.15, 0.2) is 0 Å². The molecule has 2 amide bonds. The first-order valence-corrected chi connectivity index (χ1v) is 8.06. The second-order valence-electron chi connectivity index (χ2n) is 6.56. The number of carboxylic acids is 1. The van der Waals surface area contributed by atoms with Crippen molar-refractivity contribution < 1.29 is 19.8 Å². The molecule has 118 valence electrons. The summed E-state index contributed by atoms with van der Waals surface area (Å²) in [7, 11) is 0. The molecule has 2 N–H and O–H groups in total. The number of aliphatic hydroxyl groups excluding tert-OH is 1. The number of fused-ring (bicyclic) bond motifs is 1. The molecule has 0 aromatic carbocycles. The Morgan fingerprint density at radius 1 is 1.10 bits per heavy atom. The summed E-state index contributed by atoms with van der Waals surface area (Å²) in [5, 5.41) is 18.9. The Morgan fingerprint density at radius 3 is 2.57 bits per heavy atom. The Hall–Kier alpha value is -1.30. The van der Waals surface area contributed by atoms with Crippen molar-refractivity contribution >= 4 is 12.0 Å². The Balaban J connectivity index is 1.82. The zero-order valence-electron chi connectivity index (χ0n) is 12.3. The van der Waals surface area contributed by atoms with E-state index in [1.165, 1.54) is 0 Å². The third-order valence-electron chi connectivity index (χ3n) is 5.43. The molecule has 2 aliphatic heterocycles. The van der Waals surface area contributed by atoms with Crippen LogP contribution < -0.4 is 0 Å². The summed E-state index contributed by atoms with van der Waals surface area (Å²) >= 11 is 0. The molecule has 6 nitrogen and oxygen atoms in total. The lowest BCUT2D eigenvalue weighted by Crippen LogP contribution is -2.53. The standard InChI is InChI=1S/C15H24N2O4/c18-9-11-5-3-7-16(11)15(21)17-12-6-2-1-4-10(12)8-13(17)14(19)20/h10-13,18H,1-9H2,(H,19,20). The van der Waals surface area contributed by atoms with Crippen LogP contribution in [0.3, 0.4) is 0 Å². The van der Waals surface area contributed by atoms with E-state index >= 15 is 0 Å². The van der Waals surface area contributed by atoms with Crippen LogP contribution in [-0.4, -0.2) is 63.3 Å². The fraction of sp³-hybridized carbons (Fsp3) is 0.867. The number of hydrogen-bond acceptors (Lipinski definition) is 3. The zero-order chi connectivity index (χ0) is 15.0. The van der Waals surface area contributed by atoms with Gasteiger partial charge < -0.3 is 20.0 Å². The van der Waals surface area contributed by atoms with Crippen LogP contribution in [-0.2, 0) is 4.79 Å². The summed E-state index contributed by atoms with van der Waals surface area (Å²) in [4.78, 5) is 27.7. The van der Waals surface area contributed by atoms with E-state index in [0.29, 0.717) is 18.9 Å². The van der Waals surface area contributed by atoms with Gasteiger partial charge in [-0.1, -0.05) is 12.8 Å². The van der Waals surface area contributed by atoms with E-state index in [9.17, 15) is 19.8 Å². The highest BCUT2D eigenvalue weighted by Crippen LogP contribution is 2.40. The van der Waals surface area contributed by atoms with E-state index in [1.807, 2.05) is 0 Å². The van der Waals surface area contributed by atoms with E-state index in [1.54, 1.807) is 9.80 Å². The monoisotopic (exact) mass is 296 g/mol. The second-order valence-corrected chi connectivity index (χ2v) is 6.56. The maximum atomic E-state index is 12.9. The lowest BCUT2D eigenvalue weighted by atomic mass is 9.85. The Morgan fingerprint density at radius 2 is 1.86 bits per heavy atom. The number of carboxylic acid groups (broad SMARTS) is 1. The molecule has 4 atom stereocenters. The highest BCUT2D eigenvalue weighted by molar-refractivity contribution is 5.84. The maximum absolute atomic E-state index is 12.9. The zero-order valence-corrected chi connectivity index (χ0v) is 12.3. The largest absolute Gasteiger partial charge is 0.480 e. The smallest absolute Gasteiger partial charge is 0.326 e. The number of carbonyl (C=O) groups excluding carboxylic acids is 1. The lowest BCUT2D eigenvalue weighted by Gasteiger charge is -2.37. The summed E-state index contributed by atoms with van der Waals surface area (Å²) in [6.45, 7) is 0.593. The van der Waals surface area contributed by atoms with Gasteiger partial charge in [0.2, 0.25) is 0 Å². The minimum absolute atomic E-state index is 0.0363. The van der Waals surface area contributed by atoms with Gasteiger partial charge in [0.15, 0.2) is 0 Å². The van der Waals surface area contributed by atoms with Crippen molar-refractivity contribution in [1.82, 2.24) is 9.80 Å². The lowest BCUT2D eigenvalue weighted by molar-refractivity contribution is -0.141. The molecule has 1 saturated carbocycles. The highest BCUT2D eigenvalue weighted by atomic mass is 16.4. The average molecular weight is 296 g/mol. The third-order valence-corrected chi connectivity index (χ3v) is 5.43. The number of amides is 2. The molecule has 0 spiro atoms. The van der Waals surface area contributed by atoms with Crippen LogP contribution >= 0.6 is 0 Å². The van der Waals surface area contributed by atoms with E-state index < -0.39 is 12.0 Å². The molecule has 0 aromatic rings. The van der Waals surface area contributed by atoms with E-state index in [4.69, 9.17) is 0 Å². The van der Waals surface area contributed by atoms with Gasteiger partial charge in [-0.3, -0.25) is 0 Å². The quantitative estimate of drug-likeness (QED) is 0.804. The van der Waals surface area contributed by atoms with Gasteiger partial charge >= 0.3 is 12.0 Å². The minimum Gasteiger partial charge on any atom is -0.480 e. The summed E-state index contributed by atoms with van der Waals surface area (Å²) in [5.41, 5.74) is 0. The number of carbonyl (C=O) groups is 2. The molecule has 2 heterocycles. The molecule has 3 fully saturated rings. The van der Waals surface area contributed by atoms with Crippen LogP contribution in [0, 0.1) is 5.92 Å². The number of aliphatic carboxylic acids is 1. The fourth-order valence-corrected chi connectivity index (χ4v) is 4.38. The fourth-order valence-electron chi connectivity index (χ4n) is 4.38. The predicted molar refractivity (Wildman–Crippen MR) is 75.8 cm³/mol. The molecule has 3 rings (SSSR count). The summed E-state index contributed by atoms with van der Waals surface area (Å²) in [6, 6.07) is -0.930. The van der Waals surface area contributed by atoms with Crippen LogP contribution in [0.1, 0.15) is 44.9 Å². The Kier molecular flexibility index (Phi) is 4.06. The van der Waals surface area contributed by atoms with Crippen LogP contribution in [0.5, 0.6) is 0 Å². The van der Waals surface area contributed by atoms with Crippen LogP contribution in [0.4, 0.5) is 4.79 Å². The number of likely N-dealkylation sites (tertiary alicyclic amines) is 2. The molecule has 3 aliphatic rings. The van der Waals surface area contributed by atoms with Gasteiger partial charge in [-0.25, -0.2) is 9.59 Å². The number of nitrogens with zero attached hydrogens (tertiary/aromatic N) is 2. The maximum Gasteiger partial charge on any atom is 0.326 e. The van der Waals surface area contributed by atoms with Crippen molar-refractivity contribution in [2.24, 2.45) is 5.92 Å². The molecular weight excluding hydrogens is 272 g/mol. The van der Waals surface area contributed by atoms with Gasteiger partial charge in [-0.2, -0.15) is 0 Å². The summed E-state index contributed by atoms with van der Waals surface area (Å²) < 4.78 is 0. The Bertz CT molecular complexity index is 428. The SMILES string of the molecule is O=C(O)C1CC2CCCCC2N1C(=O)N1CCCC1CO. The van der Waals surface area contributed by atoms with Crippen molar-refractivity contribution in [1.29, 1.82) is 0 Å². The molecule has 4 unspecified atom stereocenters. The molecule has 0 aromatic heterocycles. The first kappa shape index (κ1) is 14.6. The van der Waals surface area contributed by atoms with E-state index in [2.05, 4.69) is 0 Å². The van der Waals surface area contributed by atoms with Crippen LogP contribution in [0.2, 0.25) is 0 Å². The topological polar surface area (TPSA) is 81.1 Å². The van der Waals surface area contributed by atoms with Gasteiger partial charge in [0.25, 0.3) is 0 Å². The Labute approximate surface area is 124 Å². The molecule has 2 saturated heterocycles.